The van der Waals surface area contributed by atoms with Crippen molar-refractivity contribution >= 4 is 39.2 Å². The van der Waals surface area contributed by atoms with Crippen molar-refractivity contribution in [2.24, 2.45) is 0 Å². The number of ether oxygens (including phenoxy) is 4. The van der Waals surface area contributed by atoms with Crippen LogP contribution in [0.5, 0.6) is 11.5 Å². The second kappa shape index (κ2) is 16.7. The molecule has 1 aromatic heterocycles. The van der Waals surface area contributed by atoms with E-state index in [1.54, 1.807) is 41.2 Å². The molecular formula is C35H44FN5O9S. The van der Waals surface area contributed by atoms with Crippen LogP contribution in [0.2, 0.25) is 0 Å². The number of hydrogen-bond donors (Lipinski definition) is 0. The first-order valence-electron chi connectivity index (χ1n) is 16.3. The fraction of sp³-hybridized carbons (Fsp3) is 0.429. The average molecular weight is 730 g/mol. The van der Waals surface area contributed by atoms with Crippen molar-refractivity contribution in [1.82, 2.24) is 14.7 Å². The second-order valence-corrected chi connectivity index (χ2v) is 14.0. The lowest BCUT2D eigenvalue weighted by molar-refractivity contribution is -0.141. The number of halogens is 1. The van der Waals surface area contributed by atoms with Crippen molar-refractivity contribution in [3.8, 4) is 11.5 Å². The van der Waals surface area contributed by atoms with Gasteiger partial charge in [-0.3, -0.25) is 18.7 Å². The number of amides is 1. The molecule has 4 rings (SSSR count). The molecule has 0 saturated carbocycles. The first-order chi connectivity index (χ1) is 24.2. The summed E-state index contributed by atoms with van der Waals surface area (Å²) in [6, 6.07) is 10.6. The van der Waals surface area contributed by atoms with Crippen molar-refractivity contribution in [3.63, 3.8) is 0 Å². The number of nitrogens with zero attached hydrogens (tertiary/aromatic N) is 5. The predicted molar refractivity (Wildman–Crippen MR) is 190 cm³/mol. The average Bonchev–Trinajstić information content (AvgIpc) is 3.11. The van der Waals surface area contributed by atoms with Crippen LogP contribution in [-0.2, 0) is 42.2 Å². The molecule has 1 unspecified atom stereocenters. The van der Waals surface area contributed by atoms with E-state index >= 15 is 0 Å². The molecule has 16 heteroatoms. The Kier molecular flexibility index (Phi) is 12.7. The molecule has 0 bridgehead atoms. The van der Waals surface area contributed by atoms with Gasteiger partial charge in [-0.2, -0.15) is 0 Å². The van der Waals surface area contributed by atoms with Gasteiger partial charge in [0.1, 0.15) is 40.9 Å². The largest absolute Gasteiger partial charge is 0.497 e. The molecule has 1 amide bonds. The zero-order valence-electron chi connectivity index (χ0n) is 29.7. The summed E-state index contributed by atoms with van der Waals surface area (Å²) in [6.07, 6.45) is -0.00655. The van der Waals surface area contributed by atoms with E-state index in [9.17, 15) is 27.2 Å². The maximum atomic E-state index is 14.5. The van der Waals surface area contributed by atoms with Gasteiger partial charge in [-0.25, -0.2) is 17.5 Å². The summed E-state index contributed by atoms with van der Waals surface area (Å²) in [6.45, 7) is 9.17. The number of carbonyl (C=O) groups excluding carboxylic acids is 2. The van der Waals surface area contributed by atoms with Gasteiger partial charge in [0.2, 0.25) is 15.9 Å². The van der Waals surface area contributed by atoms with E-state index in [-0.39, 0.29) is 73.3 Å². The van der Waals surface area contributed by atoms with E-state index in [0.717, 1.165) is 14.6 Å². The van der Waals surface area contributed by atoms with Gasteiger partial charge in [0.05, 0.1) is 39.7 Å². The van der Waals surface area contributed by atoms with Gasteiger partial charge in [-0.05, 0) is 44.0 Å². The molecular weight excluding hydrogens is 685 g/mol. The molecule has 276 valence electrons. The molecule has 51 heavy (non-hydrogen) atoms. The molecule has 1 aliphatic rings. The highest BCUT2D eigenvalue weighted by Crippen LogP contribution is 2.36. The third-order valence-electron chi connectivity index (χ3n) is 8.45. The lowest BCUT2D eigenvalue weighted by Crippen LogP contribution is -2.56. The predicted octanol–water partition coefficient (Wildman–Crippen LogP) is 3.41. The summed E-state index contributed by atoms with van der Waals surface area (Å²) in [5, 5.41) is 4.58. The van der Waals surface area contributed by atoms with Gasteiger partial charge >= 0.3 is 5.97 Å². The number of aromatic nitrogens is 2. The molecule has 0 aliphatic carbocycles. The highest BCUT2D eigenvalue weighted by atomic mass is 32.2. The maximum Gasteiger partial charge on any atom is 0.302 e. The van der Waals surface area contributed by atoms with E-state index in [2.05, 4.69) is 11.7 Å². The number of hydrogen-bond acceptors (Lipinski definition) is 11. The topological polar surface area (TPSA) is 150 Å². The number of likely N-dealkylation sites (N-methyl/N-ethyl adjacent to an activating group) is 1. The number of carbonyl (C=O) groups is 2. The Labute approximate surface area is 297 Å². The van der Waals surface area contributed by atoms with Crippen LogP contribution in [0.25, 0.3) is 5.76 Å². The van der Waals surface area contributed by atoms with Crippen LogP contribution in [0.1, 0.15) is 43.9 Å². The molecule has 1 aliphatic heterocycles. The zero-order chi connectivity index (χ0) is 37.5. The van der Waals surface area contributed by atoms with Gasteiger partial charge < -0.3 is 28.7 Å². The van der Waals surface area contributed by atoms with Crippen LogP contribution in [0.3, 0.4) is 0 Å². The molecule has 0 N–H and O–H groups in total. The fourth-order valence-electron chi connectivity index (χ4n) is 5.58. The Hall–Kier alpha value is -5.12. The van der Waals surface area contributed by atoms with E-state index in [1.807, 2.05) is 13.8 Å². The van der Waals surface area contributed by atoms with Crippen molar-refractivity contribution in [2.45, 2.75) is 46.4 Å². The molecule has 2 aromatic carbocycles. The van der Waals surface area contributed by atoms with Gasteiger partial charge in [0.15, 0.2) is 5.82 Å². The van der Waals surface area contributed by atoms with Crippen LogP contribution < -0.4 is 24.2 Å². The third kappa shape index (κ3) is 9.17. The first kappa shape index (κ1) is 38.7. The minimum Gasteiger partial charge on any atom is -0.497 e. The van der Waals surface area contributed by atoms with Crippen LogP contribution in [0, 0.1) is 5.82 Å². The van der Waals surface area contributed by atoms with E-state index < -0.39 is 33.1 Å². The Morgan fingerprint density at radius 1 is 1.14 bits per heavy atom. The third-order valence-corrected chi connectivity index (χ3v) is 10.3. The lowest BCUT2D eigenvalue weighted by atomic mass is 10.1. The lowest BCUT2D eigenvalue weighted by Gasteiger charge is -2.42. The molecule has 1 atom stereocenters. The highest BCUT2D eigenvalue weighted by molar-refractivity contribution is 7.92. The summed E-state index contributed by atoms with van der Waals surface area (Å²) in [5.74, 6) is -1.21. The van der Waals surface area contributed by atoms with Gasteiger partial charge in [0.25, 0.3) is 5.56 Å². The molecule has 1 saturated heterocycles. The standard InChI is InChI=1S/C35H44FN5O9S/c1-8-39-19-23(2)40(21-31(39)43)33-32(24(3)47-6)35(44)41(37-34(33)38(5)51(45,46)17-9-16-49-25(4)42)20-27-12-13-28(36)18-30(27)50-22-26-10-14-29(48-7)15-11-26/h10-15,18,23H,3,8-9,16-17,19-22H2,1-2,4-7H3. The number of piperazine rings is 1. The molecule has 0 spiro atoms. The second-order valence-electron chi connectivity index (χ2n) is 11.9. The van der Waals surface area contributed by atoms with E-state index in [4.69, 9.17) is 18.9 Å². The minimum absolute atomic E-state index is 0.00655. The SMILES string of the molecule is C=C(OC)c1c(N2CC(=O)N(CC)CC2C)c(N(C)S(=O)(=O)CCCOC(C)=O)nn(Cc2ccc(F)cc2OCc2ccc(OC)cc2)c1=O. The summed E-state index contributed by atoms with van der Waals surface area (Å²) in [7, 11) is 0.0212. The van der Waals surface area contributed by atoms with Gasteiger partial charge in [0, 0.05) is 44.7 Å². The monoisotopic (exact) mass is 729 g/mol. The highest BCUT2D eigenvalue weighted by Gasteiger charge is 2.37. The van der Waals surface area contributed by atoms with Crippen LogP contribution in [0.4, 0.5) is 15.9 Å². The van der Waals surface area contributed by atoms with Gasteiger partial charge in [-0.15, -0.1) is 5.10 Å². The summed E-state index contributed by atoms with van der Waals surface area (Å²) in [5.41, 5.74) is 0.417. The maximum absolute atomic E-state index is 14.5. The normalized spacial score (nSPS) is 14.6. The number of esters is 1. The minimum atomic E-state index is -4.14. The fourth-order valence-corrected chi connectivity index (χ4v) is 6.73. The van der Waals surface area contributed by atoms with Crippen molar-refractivity contribution < 1.29 is 41.3 Å². The number of sulfonamides is 1. The summed E-state index contributed by atoms with van der Waals surface area (Å²) >= 11 is 0. The van der Waals surface area contributed by atoms with Crippen molar-refractivity contribution in [1.29, 1.82) is 0 Å². The summed E-state index contributed by atoms with van der Waals surface area (Å²) in [4.78, 5) is 42.1. The number of benzene rings is 2. The Morgan fingerprint density at radius 2 is 1.84 bits per heavy atom. The number of methoxy groups -OCH3 is 2. The Morgan fingerprint density at radius 3 is 2.47 bits per heavy atom. The van der Waals surface area contributed by atoms with Crippen LogP contribution in [0.15, 0.2) is 53.8 Å². The number of anilines is 2. The summed E-state index contributed by atoms with van der Waals surface area (Å²) < 4.78 is 65.6. The van der Waals surface area contributed by atoms with Crippen molar-refractivity contribution in [3.05, 3.63) is 81.9 Å². The zero-order valence-corrected chi connectivity index (χ0v) is 30.5. The number of rotatable bonds is 16. The Bertz CT molecular complexity index is 1920. The first-order valence-corrected chi connectivity index (χ1v) is 17.9. The molecule has 1 fully saturated rings. The van der Waals surface area contributed by atoms with E-state index in [1.165, 1.54) is 39.3 Å². The molecule has 0 radical (unpaired) electrons. The Balaban J connectivity index is 1.85. The quantitative estimate of drug-likeness (QED) is 0.121. The molecule has 14 nitrogen and oxygen atoms in total. The van der Waals surface area contributed by atoms with E-state index in [0.29, 0.717) is 24.4 Å². The van der Waals surface area contributed by atoms with Crippen molar-refractivity contribution in [2.75, 3.05) is 62.5 Å². The van der Waals surface area contributed by atoms with Crippen LogP contribution in [-0.4, -0.2) is 94.3 Å². The molecule has 3 aromatic rings. The van der Waals surface area contributed by atoms with Gasteiger partial charge in [-0.1, -0.05) is 24.8 Å². The smallest absolute Gasteiger partial charge is 0.302 e. The van der Waals surface area contributed by atoms with Crippen LogP contribution >= 0.6 is 0 Å². The molecule has 2 heterocycles.